The lowest BCUT2D eigenvalue weighted by atomic mass is 10.1. The van der Waals surface area contributed by atoms with Gasteiger partial charge in [-0.3, -0.25) is 0 Å². The average Bonchev–Trinajstić information content (AvgIpc) is 3.29. The molecule has 4 rings (SSSR count). The van der Waals surface area contributed by atoms with Crippen molar-refractivity contribution in [2.75, 3.05) is 46.4 Å². The van der Waals surface area contributed by atoms with Gasteiger partial charge in [0.15, 0.2) is 5.76 Å². The highest BCUT2D eigenvalue weighted by Gasteiger charge is 2.13. The number of carboxylic acids is 1. The molecule has 1 N–H and O–H groups in total. The van der Waals surface area contributed by atoms with E-state index < -0.39 is 5.97 Å². The molecule has 0 bridgehead atoms. The van der Waals surface area contributed by atoms with E-state index in [2.05, 4.69) is 22.0 Å². The summed E-state index contributed by atoms with van der Waals surface area (Å²) in [5.41, 5.74) is 2.62. The van der Waals surface area contributed by atoms with Gasteiger partial charge in [-0.2, -0.15) is 0 Å². The van der Waals surface area contributed by atoms with Crippen LogP contribution in [0.2, 0.25) is 0 Å². The van der Waals surface area contributed by atoms with Crippen molar-refractivity contribution in [3.05, 3.63) is 60.2 Å². The first-order valence-electron chi connectivity index (χ1n) is 10.5. The monoisotopic (exact) mass is 421 g/mol. The first-order chi connectivity index (χ1) is 15.1. The molecule has 0 radical (unpaired) electrons. The van der Waals surface area contributed by atoms with Crippen LogP contribution in [0.4, 0.5) is 0 Å². The highest BCUT2D eigenvalue weighted by molar-refractivity contribution is 5.88. The lowest BCUT2D eigenvalue weighted by molar-refractivity contribution is 0.0697. The van der Waals surface area contributed by atoms with Crippen molar-refractivity contribution < 1.29 is 19.2 Å². The Morgan fingerprint density at radius 2 is 1.71 bits per heavy atom. The molecule has 1 fully saturated rings. The van der Waals surface area contributed by atoms with E-state index in [0.717, 1.165) is 56.0 Å². The largest absolute Gasteiger partial charge is 0.494 e. The van der Waals surface area contributed by atoms with E-state index >= 15 is 0 Å². The van der Waals surface area contributed by atoms with Gasteiger partial charge in [0.1, 0.15) is 11.4 Å². The second-order valence-electron chi connectivity index (χ2n) is 7.83. The van der Waals surface area contributed by atoms with Crippen LogP contribution in [0.15, 0.2) is 59.1 Å². The van der Waals surface area contributed by atoms with Crippen molar-refractivity contribution in [2.24, 2.45) is 0 Å². The fraction of sp³-hybridized carbons (Fsp3) is 0.333. The first kappa shape index (κ1) is 21.1. The van der Waals surface area contributed by atoms with Crippen LogP contribution < -0.4 is 4.74 Å². The zero-order valence-corrected chi connectivity index (χ0v) is 17.7. The number of rotatable bonds is 8. The molecule has 3 aromatic rings. The van der Waals surface area contributed by atoms with Crippen LogP contribution in [-0.2, 0) is 0 Å². The number of carboxylic acid groups (broad SMARTS) is 1. The Labute approximate surface area is 181 Å². The summed E-state index contributed by atoms with van der Waals surface area (Å²) in [6.45, 7) is 6.31. The molecule has 0 unspecified atom stereocenters. The van der Waals surface area contributed by atoms with Gasteiger partial charge in [-0.15, -0.1) is 0 Å². The third-order valence-corrected chi connectivity index (χ3v) is 5.56. The summed E-state index contributed by atoms with van der Waals surface area (Å²) in [4.78, 5) is 15.8. The van der Waals surface area contributed by atoms with Crippen molar-refractivity contribution in [2.45, 2.75) is 6.42 Å². The van der Waals surface area contributed by atoms with Gasteiger partial charge in [0.25, 0.3) is 0 Å². The molecule has 31 heavy (non-hydrogen) atoms. The number of aromatic nitrogens is 1. The van der Waals surface area contributed by atoms with Gasteiger partial charge in [-0.1, -0.05) is 17.3 Å². The maximum absolute atomic E-state index is 11.0. The number of ether oxygens (including phenoxy) is 1. The van der Waals surface area contributed by atoms with E-state index in [0.29, 0.717) is 18.1 Å². The predicted molar refractivity (Wildman–Crippen MR) is 118 cm³/mol. The standard InChI is InChI=1S/C24H27N3O4/c1-26-12-14-27(15-13-26)11-2-16-30-21-9-7-19(8-10-21)23-17-22(25-31-23)18-3-5-20(6-4-18)24(28)29/h3-10,17H,2,11-16H2,1H3,(H,28,29). The van der Waals surface area contributed by atoms with E-state index in [4.69, 9.17) is 14.4 Å². The molecule has 0 spiro atoms. The summed E-state index contributed by atoms with van der Waals surface area (Å²) < 4.78 is 11.4. The second kappa shape index (κ2) is 9.76. The van der Waals surface area contributed by atoms with Crippen molar-refractivity contribution in [3.63, 3.8) is 0 Å². The predicted octanol–water partition coefficient (Wildman–Crippen LogP) is 3.72. The van der Waals surface area contributed by atoms with Gasteiger partial charge in [0, 0.05) is 49.9 Å². The molecule has 2 aromatic carbocycles. The van der Waals surface area contributed by atoms with Crippen LogP contribution in [0, 0.1) is 0 Å². The molecule has 0 atom stereocenters. The van der Waals surface area contributed by atoms with Gasteiger partial charge >= 0.3 is 5.97 Å². The zero-order chi connectivity index (χ0) is 21.6. The molecule has 162 valence electrons. The SMILES string of the molecule is CN1CCN(CCCOc2ccc(-c3cc(-c4ccc(C(=O)O)cc4)no3)cc2)CC1. The molecule has 2 heterocycles. The summed E-state index contributed by atoms with van der Waals surface area (Å²) in [5.74, 6) is 0.541. The summed E-state index contributed by atoms with van der Waals surface area (Å²) in [5, 5.41) is 13.1. The number of likely N-dealkylation sites (N-methyl/N-ethyl adjacent to an activating group) is 1. The number of aromatic carboxylic acids is 1. The summed E-state index contributed by atoms with van der Waals surface area (Å²) in [7, 11) is 2.17. The molecule has 0 aliphatic carbocycles. The topological polar surface area (TPSA) is 79.0 Å². The summed E-state index contributed by atoms with van der Waals surface area (Å²) >= 11 is 0. The average molecular weight is 421 g/mol. The van der Waals surface area contributed by atoms with E-state index in [-0.39, 0.29) is 5.56 Å². The molecular weight excluding hydrogens is 394 g/mol. The van der Waals surface area contributed by atoms with Crippen molar-refractivity contribution in [1.29, 1.82) is 0 Å². The number of piperazine rings is 1. The number of hydrogen-bond donors (Lipinski definition) is 1. The first-order valence-corrected chi connectivity index (χ1v) is 10.5. The molecule has 1 saturated heterocycles. The molecule has 0 amide bonds. The van der Waals surface area contributed by atoms with Crippen LogP contribution in [0.25, 0.3) is 22.6 Å². The lowest BCUT2D eigenvalue weighted by Crippen LogP contribution is -2.44. The zero-order valence-electron chi connectivity index (χ0n) is 17.7. The van der Waals surface area contributed by atoms with Gasteiger partial charge in [0.2, 0.25) is 0 Å². The maximum atomic E-state index is 11.0. The summed E-state index contributed by atoms with van der Waals surface area (Å²) in [6, 6.07) is 16.2. The Bertz CT molecular complexity index is 990. The van der Waals surface area contributed by atoms with E-state index in [1.54, 1.807) is 24.3 Å². The molecule has 1 aliphatic rings. The second-order valence-corrected chi connectivity index (χ2v) is 7.83. The molecular formula is C24H27N3O4. The maximum Gasteiger partial charge on any atom is 0.335 e. The highest BCUT2D eigenvalue weighted by atomic mass is 16.5. The fourth-order valence-electron chi connectivity index (χ4n) is 3.60. The minimum Gasteiger partial charge on any atom is -0.494 e. The lowest BCUT2D eigenvalue weighted by Gasteiger charge is -2.32. The van der Waals surface area contributed by atoms with E-state index in [9.17, 15) is 4.79 Å². The Hall–Kier alpha value is -3.16. The highest BCUT2D eigenvalue weighted by Crippen LogP contribution is 2.27. The number of nitrogens with zero attached hydrogens (tertiary/aromatic N) is 3. The van der Waals surface area contributed by atoms with Gasteiger partial charge in [-0.25, -0.2) is 4.79 Å². The van der Waals surface area contributed by atoms with Gasteiger partial charge in [-0.05, 0) is 49.9 Å². The normalized spacial score (nSPS) is 15.1. The van der Waals surface area contributed by atoms with Crippen LogP contribution in [0.3, 0.4) is 0 Å². The van der Waals surface area contributed by atoms with Crippen molar-refractivity contribution in [1.82, 2.24) is 15.0 Å². The van der Waals surface area contributed by atoms with Crippen LogP contribution >= 0.6 is 0 Å². The molecule has 7 nitrogen and oxygen atoms in total. The van der Waals surface area contributed by atoms with Crippen LogP contribution in [-0.4, -0.2) is 72.4 Å². The minimum absolute atomic E-state index is 0.242. The Balaban J connectivity index is 1.29. The van der Waals surface area contributed by atoms with Crippen molar-refractivity contribution >= 4 is 5.97 Å². The van der Waals surface area contributed by atoms with Crippen LogP contribution in [0.5, 0.6) is 5.75 Å². The minimum atomic E-state index is -0.950. The molecule has 0 saturated carbocycles. The van der Waals surface area contributed by atoms with Crippen LogP contribution in [0.1, 0.15) is 16.8 Å². The smallest absolute Gasteiger partial charge is 0.335 e. The van der Waals surface area contributed by atoms with E-state index in [1.807, 2.05) is 30.3 Å². The van der Waals surface area contributed by atoms with Gasteiger partial charge < -0.3 is 24.2 Å². The summed E-state index contributed by atoms with van der Waals surface area (Å²) in [6.07, 6.45) is 1.01. The third kappa shape index (κ3) is 5.51. The quantitative estimate of drug-likeness (QED) is 0.555. The third-order valence-electron chi connectivity index (χ3n) is 5.56. The Morgan fingerprint density at radius 3 is 2.39 bits per heavy atom. The molecule has 1 aliphatic heterocycles. The number of benzene rings is 2. The van der Waals surface area contributed by atoms with Gasteiger partial charge in [0.05, 0.1) is 12.2 Å². The number of carbonyl (C=O) groups is 1. The fourth-order valence-corrected chi connectivity index (χ4v) is 3.60. The Morgan fingerprint density at radius 1 is 1.03 bits per heavy atom. The van der Waals surface area contributed by atoms with E-state index in [1.165, 1.54) is 0 Å². The molecule has 7 heteroatoms. The Kier molecular flexibility index (Phi) is 6.64. The van der Waals surface area contributed by atoms with Crippen molar-refractivity contribution in [3.8, 4) is 28.3 Å². The molecule has 1 aromatic heterocycles. The number of hydrogen-bond acceptors (Lipinski definition) is 6.